The van der Waals surface area contributed by atoms with Gasteiger partial charge in [0.15, 0.2) is 5.13 Å². The van der Waals surface area contributed by atoms with Crippen molar-refractivity contribution < 1.29 is 14.4 Å². The zero-order valence-electron chi connectivity index (χ0n) is 17.0. The second-order valence-electron chi connectivity index (χ2n) is 7.64. The molecule has 158 valence electrons. The molecule has 0 radical (unpaired) electrons. The molecule has 30 heavy (non-hydrogen) atoms. The second kappa shape index (κ2) is 8.39. The number of thiazole rings is 1. The predicted octanol–water partition coefficient (Wildman–Crippen LogP) is 4.07. The van der Waals surface area contributed by atoms with E-state index in [9.17, 15) is 14.4 Å². The molecular weight excluding hydrogens is 420 g/mol. The monoisotopic (exact) mass is 444 g/mol. The number of carbonyl (C=O) groups excluding carboxylic acids is 3. The number of carbonyl (C=O) groups is 3. The van der Waals surface area contributed by atoms with E-state index in [1.807, 2.05) is 35.9 Å². The average Bonchev–Trinajstić information content (AvgIpc) is 3.29. The van der Waals surface area contributed by atoms with Gasteiger partial charge >= 0.3 is 6.03 Å². The maximum atomic E-state index is 13.0. The van der Waals surface area contributed by atoms with Crippen LogP contribution in [0.1, 0.15) is 32.1 Å². The van der Waals surface area contributed by atoms with Gasteiger partial charge in [-0.1, -0.05) is 31.4 Å². The Balaban J connectivity index is 1.42. The third kappa shape index (κ3) is 3.72. The Bertz CT molecular complexity index is 967. The van der Waals surface area contributed by atoms with Crippen LogP contribution in [0.4, 0.5) is 9.93 Å². The number of aromatic nitrogens is 1. The van der Waals surface area contributed by atoms with Crippen LogP contribution < -0.4 is 5.32 Å². The Morgan fingerprint density at radius 3 is 2.57 bits per heavy atom. The van der Waals surface area contributed by atoms with Crippen LogP contribution >= 0.6 is 23.1 Å². The Hall–Kier alpha value is -2.39. The van der Waals surface area contributed by atoms with Crippen molar-refractivity contribution >= 4 is 46.1 Å². The lowest BCUT2D eigenvalue weighted by Gasteiger charge is -2.35. The molecule has 0 atom stereocenters. The van der Waals surface area contributed by atoms with Crippen LogP contribution in [0.3, 0.4) is 0 Å². The van der Waals surface area contributed by atoms with Crippen LogP contribution in [0.25, 0.3) is 11.3 Å². The number of benzene rings is 1. The van der Waals surface area contributed by atoms with E-state index < -0.39 is 17.5 Å². The number of likely N-dealkylation sites (N-methyl/N-ethyl adjacent to an activating group) is 1. The van der Waals surface area contributed by atoms with Crippen molar-refractivity contribution in [3.63, 3.8) is 0 Å². The molecule has 1 saturated carbocycles. The summed E-state index contributed by atoms with van der Waals surface area (Å²) in [5, 5.41) is 5.05. The lowest BCUT2D eigenvalue weighted by molar-refractivity contribution is -0.136. The minimum atomic E-state index is -0.771. The maximum absolute atomic E-state index is 13.0. The molecule has 7 nitrogen and oxygen atoms in total. The van der Waals surface area contributed by atoms with E-state index in [1.165, 1.54) is 21.1 Å². The Labute approximate surface area is 183 Å². The highest BCUT2D eigenvalue weighted by atomic mass is 32.2. The number of urea groups is 1. The van der Waals surface area contributed by atoms with Gasteiger partial charge in [-0.2, -0.15) is 0 Å². The first-order valence-electron chi connectivity index (χ1n) is 9.94. The summed E-state index contributed by atoms with van der Waals surface area (Å²) in [7, 11) is 1.67. The fourth-order valence-electron chi connectivity index (χ4n) is 4.20. The number of thioether (sulfide) groups is 1. The molecule has 9 heteroatoms. The fourth-order valence-corrected chi connectivity index (χ4v) is 5.34. The highest BCUT2D eigenvalue weighted by Gasteiger charge is 2.55. The first-order valence-corrected chi connectivity index (χ1v) is 12.0. The van der Waals surface area contributed by atoms with Gasteiger partial charge in [-0.3, -0.25) is 14.5 Å². The van der Waals surface area contributed by atoms with Crippen molar-refractivity contribution in [2.24, 2.45) is 0 Å². The minimum Gasteiger partial charge on any atom is -0.313 e. The van der Waals surface area contributed by atoms with Crippen LogP contribution in [0.15, 0.2) is 34.5 Å². The van der Waals surface area contributed by atoms with Gasteiger partial charge in [0, 0.05) is 22.9 Å². The minimum absolute atomic E-state index is 0.251. The molecule has 1 saturated heterocycles. The summed E-state index contributed by atoms with van der Waals surface area (Å²) in [5.41, 5.74) is 0.972. The van der Waals surface area contributed by atoms with Crippen LogP contribution in [-0.2, 0) is 9.59 Å². The number of hydrogen-bond donors (Lipinski definition) is 1. The number of imide groups is 1. The molecule has 0 bridgehead atoms. The molecular formula is C21H24N4O3S2. The molecule has 1 N–H and O–H groups in total. The summed E-state index contributed by atoms with van der Waals surface area (Å²) in [6, 6.07) is 7.64. The second-order valence-corrected chi connectivity index (χ2v) is 9.38. The summed E-state index contributed by atoms with van der Waals surface area (Å²) in [6.45, 7) is -0.291. The molecule has 1 aliphatic carbocycles. The van der Waals surface area contributed by atoms with Crippen molar-refractivity contribution in [2.45, 2.75) is 42.5 Å². The highest BCUT2D eigenvalue weighted by Crippen LogP contribution is 2.39. The van der Waals surface area contributed by atoms with Crippen LogP contribution in [0, 0.1) is 0 Å². The smallest absolute Gasteiger partial charge is 0.313 e. The molecule has 2 aliphatic rings. The lowest BCUT2D eigenvalue weighted by atomic mass is 9.81. The van der Waals surface area contributed by atoms with E-state index in [0.29, 0.717) is 18.0 Å². The van der Waals surface area contributed by atoms with Gasteiger partial charge in [0.05, 0.1) is 5.69 Å². The van der Waals surface area contributed by atoms with Gasteiger partial charge in [0.1, 0.15) is 12.1 Å². The average molecular weight is 445 g/mol. The molecule has 2 fully saturated rings. The van der Waals surface area contributed by atoms with Crippen LogP contribution in [0.2, 0.25) is 0 Å². The summed E-state index contributed by atoms with van der Waals surface area (Å²) in [6.07, 6.45) is 6.26. The summed E-state index contributed by atoms with van der Waals surface area (Å²) in [5.74, 6) is -0.671. The van der Waals surface area contributed by atoms with Crippen molar-refractivity contribution in [3.05, 3.63) is 29.6 Å². The quantitative estimate of drug-likeness (QED) is 0.555. The van der Waals surface area contributed by atoms with E-state index in [-0.39, 0.29) is 12.5 Å². The summed E-state index contributed by atoms with van der Waals surface area (Å²) >= 11 is 2.99. The molecule has 1 aromatic carbocycles. The topological polar surface area (TPSA) is 82.6 Å². The third-order valence-corrected chi connectivity index (χ3v) is 7.42. The largest absolute Gasteiger partial charge is 0.327 e. The molecule has 1 aromatic heterocycles. The normalized spacial score (nSPS) is 18.3. The number of rotatable bonds is 5. The van der Waals surface area contributed by atoms with Crippen molar-refractivity contribution in [3.8, 4) is 11.3 Å². The first-order chi connectivity index (χ1) is 14.4. The number of nitrogens with zero attached hydrogens (tertiary/aromatic N) is 3. The van der Waals surface area contributed by atoms with Crippen molar-refractivity contribution in [2.75, 3.05) is 25.2 Å². The van der Waals surface area contributed by atoms with Gasteiger partial charge < -0.3 is 10.2 Å². The molecule has 4 rings (SSSR count). The van der Waals surface area contributed by atoms with Crippen LogP contribution in [-0.4, -0.2) is 58.0 Å². The number of nitrogens with one attached hydrogen (secondary N) is 1. The van der Waals surface area contributed by atoms with Crippen molar-refractivity contribution in [1.82, 2.24) is 14.8 Å². The van der Waals surface area contributed by atoms with E-state index in [2.05, 4.69) is 10.3 Å². The predicted molar refractivity (Wildman–Crippen MR) is 119 cm³/mol. The number of amides is 4. The zero-order chi connectivity index (χ0) is 21.3. The van der Waals surface area contributed by atoms with E-state index >= 15 is 0 Å². The molecule has 0 unspecified atom stereocenters. The van der Waals surface area contributed by atoms with Gasteiger partial charge in [-0.25, -0.2) is 9.78 Å². The van der Waals surface area contributed by atoms with E-state index in [1.54, 1.807) is 18.8 Å². The zero-order valence-corrected chi connectivity index (χ0v) is 18.6. The number of hydrogen-bond acceptors (Lipinski definition) is 6. The standard InChI is InChI=1S/C21H24N4O3S2/c1-24-20(28)25(18(27)21(24)10-4-3-5-11-21)12-17(26)23-19-22-16(13-30-19)14-6-8-15(29-2)9-7-14/h6-9,13H,3-5,10-12H2,1-2H3,(H,22,23,26). The summed E-state index contributed by atoms with van der Waals surface area (Å²) < 4.78 is 0. The van der Waals surface area contributed by atoms with E-state index in [0.717, 1.165) is 35.4 Å². The van der Waals surface area contributed by atoms with E-state index in [4.69, 9.17) is 0 Å². The Morgan fingerprint density at radius 2 is 1.90 bits per heavy atom. The molecule has 1 spiro atoms. The first kappa shape index (κ1) is 20.9. The SMILES string of the molecule is CSc1ccc(-c2csc(NC(=O)CN3C(=O)N(C)C4(CCCCC4)C3=O)n2)cc1. The van der Waals surface area contributed by atoms with Gasteiger partial charge in [-0.15, -0.1) is 23.1 Å². The van der Waals surface area contributed by atoms with Gasteiger partial charge in [0.2, 0.25) is 5.91 Å². The van der Waals surface area contributed by atoms with Gasteiger partial charge in [-0.05, 0) is 31.2 Å². The highest BCUT2D eigenvalue weighted by molar-refractivity contribution is 7.98. The molecule has 2 aromatic rings. The fraction of sp³-hybridized carbons (Fsp3) is 0.429. The summed E-state index contributed by atoms with van der Waals surface area (Å²) in [4.78, 5) is 46.5. The third-order valence-electron chi connectivity index (χ3n) is 5.92. The van der Waals surface area contributed by atoms with Crippen LogP contribution in [0.5, 0.6) is 0 Å². The molecule has 1 aliphatic heterocycles. The Kier molecular flexibility index (Phi) is 5.84. The molecule has 2 heterocycles. The lowest BCUT2D eigenvalue weighted by Crippen LogP contribution is -2.49. The number of anilines is 1. The Morgan fingerprint density at radius 1 is 1.20 bits per heavy atom. The van der Waals surface area contributed by atoms with Gasteiger partial charge in [0.25, 0.3) is 5.91 Å². The molecule has 4 amide bonds. The maximum Gasteiger partial charge on any atom is 0.327 e. The van der Waals surface area contributed by atoms with Crippen molar-refractivity contribution in [1.29, 1.82) is 0 Å².